The van der Waals surface area contributed by atoms with E-state index in [0.717, 1.165) is 16.8 Å². The van der Waals surface area contributed by atoms with Crippen LogP contribution in [0.15, 0.2) is 76.5 Å². The van der Waals surface area contributed by atoms with Gasteiger partial charge in [0.2, 0.25) is 0 Å². The quantitative estimate of drug-likeness (QED) is 0.0891. The lowest BCUT2D eigenvalue weighted by Crippen LogP contribution is -2.10. The number of aliphatic hydroxyl groups excluding tert-OH is 1. The lowest BCUT2D eigenvalue weighted by Gasteiger charge is -2.10. The second kappa shape index (κ2) is 13.7. The molecule has 226 valence electrons. The standard InChI is InChI=1S/C12H13NO3S.C8H9NO2.C6H10N4O3S/c13-11-3-1-10-8-12(4-2-9(10)7-11)17(15,16)6-5-14;1-11-8(10)6-4-2-3-5-7(6)9;7-2-1-3(14(11,12)13)5(9)6(10)4(2)8/h1-4,7-8,14H,5-6,13H2;2-5H,9H2,1H3;1H,7-10H2,(H,11,12,13). The minimum atomic E-state index is -4.44. The van der Waals surface area contributed by atoms with E-state index < -0.39 is 30.8 Å². The number of esters is 1. The zero-order valence-electron chi connectivity index (χ0n) is 22.4. The van der Waals surface area contributed by atoms with Crippen LogP contribution in [0.1, 0.15) is 10.4 Å². The lowest BCUT2D eigenvalue weighted by molar-refractivity contribution is 0.0602. The Balaban J connectivity index is 0.000000226. The van der Waals surface area contributed by atoms with Crippen molar-refractivity contribution >= 4 is 70.8 Å². The summed E-state index contributed by atoms with van der Waals surface area (Å²) >= 11 is 0. The minimum Gasteiger partial charge on any atom is -0.465 e. The van der Waals surface area contributed by atoms with Crippen LogP contribution in [-0.2, 0) is 24.7 Å². The van der Waals surface area contributed by atoms with Crippen molar-refractivity contribution in [2.75, 3.05) is 53.9 Å². The molecule has 0 heterocycles. The van der Waals surface area contributed by atoms with Crippen LogP contribution >= 0.6 is 0 Å². The molecule has 0 aliphatic heterocycles. The summed E-state index contributed by atoms with van der Waals surface area (Å²) in [5.74, 6) is -0.656. The molecule has 0 bridgehead atoms. The van der Waals surface area contributed by atoms with Gasteiger partial charge in [0.15, 0.2) is 9.84 Å². The fraction of sp³-hybridized carbons (Fsp3) is 0.115. The van der Waals surface area contributed by atoms with Gasteiger partial charge in [-0.2, -0.15) is 8.42 Å². The van der Waals surface area contributed by atoms with Crippen molar-refractivity contribution in [2.24, 2.45) is 0 Å². The molecule has 42 heavy (non-hydrogen) atoms. The topological polar surface area (TPSA) is 291 Å². The summed E-state index contributed by atoms with van der Waals surface area (Å²) in [5, 5.41) is 10.4. The molecule has 0 aromatic heterocycles. The first-order valence-electron chi connectivity index (χ1n) is 11.8. The van der Waals surface area contributed by atoms with Gasteiger partial charge in [-0.25, -0.2) is 13.2 Å². The maximum atomic E-state index is 11.8. The molecule has 0 aliphatic rings. The third-order valence-corrected chi connectivity index (χ3v) is 8.23. The number of benzene rings is 4. The summed E-state index contributed by atoms with van der Waals surface area (Å²) in [4.78, 5) is 10.6. The Bertz CT molecular complexity index is 1810. The van der Waals surface area contributed by atoms with Crippen molar-refractivity contribution in [3.63, 3.8) is 0 Å². The molecule has 14 nitrogen and oxygen atoms in total. The van der Waals surface area contributed by atoms with E-state index in [-0.39, 0.29) is 40.0 Å². The van der Waals surface area contributed by atoms with Gasteiger partial charge < -0.3 is 44.2 Å². The number of hydrogen-bond acceptors (Lipinski definition) is 13. The van der Waals surface area contributed by atoms with Crippen LogP contribution in [0.25, 0.3) is 10.8 Å². The largest absolute Gasteiger partial charge is 0.465 e. The van der Waals surface area contributed by atoms with Crippen LogP contribution in [0.4, 0.5) is 34.1 Å². The summed E-state index contributed by atoms with van der Waals surface area (Å²) < 4.78 is 58.4. The molecule has 0 saturated carbocycles. The second-order valence-corrected chi connectivity index (χ2v) is 12.1. The monoisotopic (exact) mass is 620 g/mol. The average Bonchev–Trinajstić information content (AvgIpc) is 2.93. The van der Waals surface area contributed by atoms with Crippen molar-refractivity contribution < 1.29 is 36.0 Å². The molecular formula is C26H32N6O8S2. The van der Waals surface area contributed by atoms with Crippen molar-refractivity contribution in [1.29, 1.82) is 0 Å². The Labute approximate surface area is 242 Å². The van der Waals surface area contributed by atoms with Crippen LogP contribution in [0.2, 0.25) is 0 Å². The fourth-order valence-corrected chi connectivity index (χ4v) is 5.13. The molecule has 0 atom stereocenters. The molecule has 4 rings (SSSR count). The first-order valence-corrected chi connectivity index (χ1v) is 14.9. The molecule has 4 aromatic carbocycles. The Kier molecular flexibility index (Phi) is 10.9. The number of carbonyl (C=O) groups excluding carboxylic acids is 1. The molecule has 0 amide bonds. The lowest BCUT2D eigenvalue weighted by atomic mass is 10.1. The van der Waals surface area contributed by atoms with Gasteiger partial charge in [0, 0.05) is 11.4 Å². The predicted molar refractivity (Wildman–Crippen MR) is 164 cm³/mol. The van der Waals surface area contributed by atoms with Crippen LogP contribution in [0.5, 0.6) is 0 Å². The SMILES string of the molecule is COC(=O)c1ccccc1N.Nc1cc(S(=O)(=O)O)c(N)c(N)c1N.Nc1ccc2cc(S(=O)(=O)CCO)ccc2c1. The van der Waals surface area contributed by atoms with Gasteiger partial charge >= 0.3 is 5.97 Å². The Morgan fingerprint density at radius 1 is 0.762 bits per heavy atom. The second-order valence-electron chi connectivity index (χ2n) is 8.57. The van der Waals surface area contributed by atoms with Crippen molar-refractivity contribution in [3.8, 4) is 0 Å². The van der Waals surface area contributed by atoms with Gasteiger partial charge in [-0.15, -0.1) is 0 Å². The molecule has 0 radical (unpaired) electrons. The van der Waals surface area contributed by atoms with Crippen LogP contribution < -0.4 is 34.4 Å². The number of aliphatic hydroxyl groups is 1. The number of nitrogen functional groups attached to an aromatic ring is 6. The molecule has 0 fully saturated rings. The first kappa shape index (κ1) is 33.4. The predicted octanol–water partition coefficient (Wildman–Crippen LogP) is 1.51. The molecule has 0 aliphatic carbocycles. The van der Waals surface area contributed by atoms with Gasteiger partial charge in [-0.05, 0) is 53.2 Å². The molecule has 16 heteroatoms. The van der Waals surface area contributed by atoms with E-state index >= 15 is 0 Å². The highest BCUT2D eigenvalue weighted by molar-refractivity contribution is 7.91. The number of rotatable bonds is 5. The van der Waals surface area contributed by atoms with Crippen molar-refractivity contribution in [2.45, 2.75) is 9.79 Å². The van der Waals surface area contributed by atoms with Crippen LogP contribution in [0.3, 0.4) is 0 Å². The van der Waals surface area contributed by atoms with E-state index in [1.807, 2.05) is 0 Å². The maximum Gasteiger partial charge on any atom is 0.339 e. The summed E-state index contributed by atoms with van der Waals surface area (Å²) in [6.45, 7) is -0.373. The number of sulfone groups is 1. The van der Waals surface area contributed by atoms with E-state index in [4.69, 9.17) is 44.1 Å². The highest BCUT2D eigenvalue weighted by Crippen LogP contribution is 2.34. The van der Waals surface area contributed by atoms with Gasteiger partial charge in [-0.1, -0.05) is 24.3 Å². The third-order valence-electron chi connectivity index (χ3n) is 5.64. The van der Waals surface area contributed by atoms with Crippen molar-refractivity contribution in [1.82, 2.24) is 0 Å². The molecular weight excluding hydrogens is 588 g/mol. The van der Waals surface area contributed by atoms with Gasteiger partial charge in [0.05, 0.1) is 52.7 Å². The zero-order valence-corrected chi connectivity index (χ0v) is 24.0. The van der Waals surface area contributed by atoms with Crippen LogP contribution in [-0.4, -0.2) is 51.9 Å². The molecule has 0 spiro atoms. The third kappa shape index (κ3) is 8.37. The number of methoxy groups -OCH3 is 1. The average molecular weight is 621 g/mol. The smallest absolute Gasteiger partial charge is 0.339 e. The maximum absolute atomic E-state index is 11.8. The normalized spacial score (nSPS) is 11.0. The van der Waals surface area contributed by atoms with E-state index in [1.54, 1.807) is 54.6 Å². The number of carbonyl (C=O) groups is 1. The fourth-order valence-electron chi connectivity index (χ4n) is 3.41. The molecule has 0 unspecified atom stereocenters. The van der Waals surface area contributed by atoms with Gasteiger partial charge in [-0.3, -0.25) is 4.55 Å². The number of fused-ring (bicyclic) bond motifs is 1. The number of hydrogen-bond donors (Lipinski definition) is 8. The number of nitrogens with two attached hydrogens (primary N) is 6. The molecule has 4 aromatic rings. The summed E-state index contributed by atoms with van der Waals surface area (Å²) in [6, 6.07) is 17.9. The highest BCUT2D eigenvalue weighted by atomic mass is 32.2. The van der Waals surface area contributed by atoms with Crippen molar-refractivity contribution in [3.05, 3.63) is 72.3 Å². The van der Waals surface area contributed by atoms with Gasteiger partial charge in [0.25, 0.3) is 10.1 Å². The Morgan fingerprint density at radius 2 is 1.36 bits per heavy atom. The number of para-hydroxylation sites is 1. The highest BCUT2D eigenvalue weighted by Gasteiger charge is 2.19. The first-order chi connectivity index (χ1) is 19.5. The number of ether oxygens (including phenoxy) is 1. The van der Waals surface area contributed by atoms with E-state index in [0.29, 0.717) is 16.9 Å². The Hall–Kier alpha value is -4.77. The summed E-state index contributed by atoms with van der Waals surface area (Å²) in [5.41, 5.74) is 33.6. The van der Waals surface area contributed by atoms with E-state index in [9.17, 15) is 21.6 Å². The molecule has 14 N–H and O–H groups in total. The van der Waals surface area contributed by atoms with E-state index in [2.05, 4.69) is 4.74 Å². The minimum absolute atomic E-state index is 0.00472. The molecule has 0 saturated heterocycles. The summed E-state index contributed by atoms with van der Waals surface area (Å²) in [6.07, 6.45) is 0. The summed E-state index contributed by atoms with van der Waals surface area (Å²) in [7, 11) is -6.50. The zero-order chi connectivity index (χ0) is 31.8. The Morgan fingerprint density at radius 3 is 1.93 bits per heavy atom. The van der Waals surface area contributed by atoms with Gasteiger partial charge in [0.1, 0.15) is 4.90 Å². The van der Waals surface area contributed by atoms with Crippen LogP contribution in [0, 0.1) is 0 Å². The van der Waals surface area contributed by atoms with E-state index in [1.165, 1.54) is 13.2 Å². The number of anilines is 6.